The van der Waals surface area contributed by atoms with Crippen LogP contribution >= 0.6 is 0 Å². The Labute approximate surface area is 105 Å². The van der Waals surface area contributed by atoms with Gasteiger partial charge < -0.3 is 10.2 Å². The van der Waals surface area contributed by atoms with Gasteiger partial charge in [0, 0.05) is 38.9 Å². The molecule has 18 heavy (non-hydrogen) atoms. The number of hydrogen-bond acceptors (Lipinski definition) is 5. The van der Waals surface area contributed by atoms with Crippen molar-refractivity contribution in [3.05, 3.63) is 12.3 Å². The number of hydrogen-bond donors (Lipinski definition) is 2. The molecule has 0 radical (unpaired) electrons. The van der Waals surface area contributed by atoms with E-state index in [0.29, 0.717) is 6.04 Å². The fourth-order valence-electron chi connectivity index (χ4n) is 2.23. The van der Waals surface area contributed by atoms with Gasteiger partial charge in [0.2, 0.25) is 5.95 Å². The predicted molar refractivity (Wildman–Crippen MR) is 68.3 cm³/mol. The highest BCUT2D eigenvalue weighted by molar-refractivity contribution is 5.51. The number of aromatic amines is 1. The highest BCUT2D eigenvalue weighted by Crippen LogP contribution is 2.17. The zero-order valence-corrected chi connectivity index (χ0v) is 10.6. The molecule has 0 aromatic carbocycles. The zero-order chi connectivity index (χ0) is 12.5. The van der Waals surface area contributed by atoms with Gasteiger partial charge in [-0.2, -0.15) is 10.1 Å². The van der Waals surface area contributed by atoms with Gasteiger partial charge in [0.1, 0.15) is 5.69 Å². The molecular weight excluding hydrogens is 230 g/mol. The van der Waals surface area contributed by atoms with Crippen LogP contribution in [-0.4, -0.2) is 50.6 Å². The number of H-pyrrole nitrogens is 1. The van der Waals surface area contributed by atoms with Crippen molar-refractivity contribution in [3.63, 3.8) is 0 Å². The topological polar surface area (TPSA) is 74.7 Å². The van der Waals surface area contributed by atoms with Gasteiger partial charge in [0.15, 0.2) is 5.82 Å². The van der Waals surface area contributed by atoms with Crippen LogP contribution in [0.5, 0.6) is 0 Å². The summed E-state index contributed by atoms with van der Waals surface area (Å²) in [5, 5.41) is 14.8. The number of nitrogens with one attached hydrogen (secondary N) is 2. The first kappa shape index (κ1) is 11.2. The van der Waals surface area contributed by atoms with Crippen LogP contribution in [0.15, 0.2) is 12.3 Å². The largest absolute Gasteiger partial charge is 0.337 e. The first-order chi connectivity index (χ1) is 8.74. The average Bonchev–Trinajstić information content (AvgIpc) is 2.97. The predicted octanol–water partition coefficient (Wildman–Crippen LogP) is 0.00330. The van der Waals surface area contributed by atoms with Crippen LogP contribution in [0.25, 0.3) is 11.5 Å². The van der Waals surface area contributed by atoms with E-state index in [0.717, 1.165) is 37.1 Å². The lowest BCUT2D eigenvalue weighted by Crippen LogP contribution is -2.49. The lowest BCUT2D eigenvalue weighted by molar-refractivity contribution is 0.480. The van der Waals surface area contributed by atoms with Crippen LogP contribution in [0, 0.1) is 0 Å². The van der Waals surface area contributed by atoms with Gasteiger partial charge in [-0.3, -0.25) is 9.78 Å². The Morgan fingerprint density at radius 3 is 3.06 bits per heavy atom. The van der Waals surface area contributed by atoms with Crippen molar-refractivity contribution < 1.29 is 0 Å². The second-order valence-electron chi connectivity index (χ2n) is 4.63. The minimum Gasteiger partial charge on any atom is -0.337 e. The molecule has 3 rings (SSSR count). The number of aromatic nitrogens is 5. The van der Waals surface area contributed by atoms with Gasteiger partial charge >= 0.3 is 0 Å². The molecule has 0 aliphatic carbocycles. The fourth-order valence-corrected chi connectivity index (χ4v) is 2.23. The van der Waals surface area contributed by atoms with Crippen molar-refractivity contribution in [2.75, 3.05) is 24.5 Å². The molecule has 0 spiro atoms. The second kappa shape index (κ2) is 4.41. The van der Waals surface area contributed by atoms with E-state index in [1.807, 2.05) is 13.1 Å². The zero-order valence-electron chi connectivity index (χ0n) is 10.6. The van der Waals surface area contributed by atoms with Crippen LogP contribution < -0.4 is 10.2 Å². The van der Waals surface area contributed by atoms with Crippen LogP contribution in [0.4, 0.5) is 5.95 Å². The van der Waals surface area contributed by atoms with Crippen molar-refractivity contribution in [1.82, 2.24) is 30.3 Å². The Morgan fingerprint density at radius 2 is 2.33 bits per heavy atom. The molecule has 2 N–H and O–H groups in total. The molecule has 7 heteroatoms. The van der Waals surface area contributed by atoms with Crippen molar-refractivity contribution in [3.8, 4) is 11.5 Å². The molecule has 7 nitrogen and oxygen atoms in total. The minimum atomic E-state index is 0.470. The third kappa shape index (κ3) is 1.97. The Balaban J connectivity index is 1.83. The smallest absolute Gasteiger partial charge is 0.245 e. The molecule has 1 aliphatic rings. The standard InChI is InChI=1S/C11H17N7/c1-8-7-18(6-5-12-8)11-14-10(15-16-11)9-3-4-13-17(9)2/h3-4,8,12H,5-7H2,1-2H3,(H,14,15,16)/t8-/m1/s1. The molecule has 96 valence electrons. The lowest BCUT2D eigenvalue weighted by atomic mass is 10.2. The molecule has 1 aliphatic heterocycles. The summed E-state index contributed by atoms with van der Waals surface area (Å²) in [5.41, 5.74) is 0.942. The molecule has 2 aromatic rings. The van der Waals surface area contributed by atoms with Crippen molar-refractivity contribution in [2.24, 2.45) is 7.05 Å². The van der Waals surface area contributed by atoms with Gasteiger partial charge in [-0.15, -0.1) is 5.10 Å². The van der Waals surface area contributed by atoms with Gasteiger partial charge in [-0.05, 0) is 13.0 Å². The van der Waals surface area contributed by atoms with Gasteiger partial charge in [0.25, 0.3) is 0 Å². The minimum absolute atomic E-state index is 0.470. The molecule has 0 saturated carbocycles. The number of nitrogens with zero attached hydrogens (tertiary/aromatic N) is 5. The Morgan fingerprint density at radius 1 is 1.44 bits per heavy atom. The van der Waals surface area contributed by atoms with E-state index in [1.54, 1.807) is 10.9 Å². The van der Waals surface area contributed by atoms with E-state index in [9.17, 15) is 0 Å². The fraction of sp³-hybridized carbons (Fsp3) is 0.545. The first-order valence-electron chi connectivity index (χ1n) is 6.13. The first-order valence-corrected chi connectivity index (χ1v) is 6.13. The highest BCUT2D eigenvalue weighted by atomic mass is 15.4. The van der Waals surface area contributed by atoms with Gasteiger partial charge in [0.05, 0.1) is 0 Å². The molecule has 0 unspecified atom stereocenters. The molecule has 3 heterocycles. The maximum atomic E-state index is 4.54. The Bertz CT molecular complexity index is 529. The summed E-state index contributed by atoms with van der Waals surface area (Å²) >= 11 is 0. The van der Waals surface area contributed by atoms with Crippen molar-refractivity contribution in [2.45, 2.75) is 13.0 Å². The molecule has 2 aromatic heterocycles. The summed E-state index contributed by atoms with van der Waals surface area (Å²) in [4.78, 5) is 6.73. The van der Waals surface area contributed by atoms with E-state index >= 15 is 0 Å². The monoisotopic (exact) mass is 247 g/mol. The molecule has 1 saturated heterocycles. The maximum Gasteiger partial charge on any atom is 0.245 e. The van der Waals surface area contributed by atoms with E-state index < -0.39 is 0 Å². The van der Waals surface area contributed by atoms with Gasteiger partial charge in [-0.1, -0.05) is 0 Å². The summed E-state index contributed by atoms with van der Waals surface area (Å²) in [6, 6.07) is 2.39. The van der Waals surface area contributed by atoms with Crippen LogP contribution in [0.3, 0.4) is 0 Å². The van der Waals surface area contributed by atoms with Crippen LogP contribution in [-0.2, 0) is 7.05 Å². The van der Waals surface area contributed by atoms with E-state index in [1.165, 1.54) is 0 Å². The summed E-state index contributed by atoms with van der Waals surface area (Å²) in [6.45, 7) is 5.01. The summed E-state index contributed by atoms with van der Waals surface area (Å²) < 4.78 is 1.78. The maximum absolute atomic E-state index is 4.54. The highest BCUT2D eigenvalue weighted by Gasteiger charge is 2.20. The van der Waals surface area contributed by atoms with Gasteiger partial charge in [-0.25, -0.2) is 0 Å². The van der Waals surface area contributed by atoms with E-state index in [-0.39, 0.29) is 0 Å². The van der Waals surface area contributed by atoms with Crippen molar-refractivity contribution in [1.29, 1.82) is 0 Å². The van der Waals surface area contributed by atoms with E-state index in [4.69, 9.17) is 0 Å². The third-order valence-electron chi connectivity index (χ3n) is 3.19. The molecule has 1 atom stereocenters. The SMILES string of the molecule is C[C@@H]1CN(c2n[nH]c(-c3ccnn3C)n2)CCN1. The molecule has 1 fully saturated rings. The second-order valence-corrected chi connectivity index (χ2v) is 4.63. The molecular formula is C11H17N7. The summed E-state index contributed by atoms with van der Waals surface area (Å²) in [6.07, 6.45) is 1.75. The van der Waals surface area contributed by atoms with Crippen molar-refractivity contribution >= 4 is 5.95 Å². The van der Waals surface area contributed by atoms with Crippen LogP contribution in [0.1, 0.15) is 6.92 Å². The van der Waals surface area contributed by atoms with E-state index in [2.05, 4.69) is 37.4 Å². The number of piperazine rings is 1. The normalized spacial score (nSPS) is 20.3. The number of anilines is 1. The summed E-state index contributed by atoms with van der Waals surface area (Å²) in [7, 11) is 1.89. The number of rotatable bonds is 2. The Kier molecular flexibility index (Phi) is 2.75. The molecule has 0 bridgehead atoms. The van der Waals surface area contributed by atoms with Crippen LogP contribution in [0.2, 0.25) is 0 Å². The molecule has 0 amide bonds. The number of aryl methyl sites for hydroxylation is 1. The average molecular weight is 247 g/mol. The lowest BCUT2D eigenvalue weighted by Gasteiger charge is -2.30. The third-order valence-corrected chi connectivity index (χ3v) is 3.19. The Hall–Kier alpha value is -1.89. The summed E-state index contributed by atoms with van der Waals surface area (Å²) in [5.74, 6) is 1.52. The quantitative estimate of drug-likeness (QED) is 0.781.